The van der Waals surface area contributed by atoms with Gasteiger partial charge in [0, 0.05) is 24.7 Å². The van der Waals surface area contributed by atoms with Gasteiger partial charge in [-0.3, -0.25) is 4.90 Å². The van der Waals surface area contributed by atoms with Crippen LogP contribution in [0.15, 0.2) is 0 Å². The highest BCUT2D eigenvalue weighted by molar-refractivity contribution is 5.26. The number of hydrogen-bond acceptors (Lipinski definition) is 2. The Bertz CT molecular complexity index is 458. The summed E-state index contributed by atoms with van der Waals surface area (Å²) in [6.07, 6.45) is 0. The van der Waals surface area contributed by atoms with E-state index in [2.05, 4.69) is 0 Å². The first-order valence-electron chi connectivity index (χ1n) is 5.78. The fourth-order valence-corrected chi connectivity index (χ4v) is 2.14. The maximum atomic E-state index is 13.6. The monoisotopic (exact) mass is 281 g/mol. The van der Waals surface area contributed by atoms with Crippen LogP contribution in [0.3, 0.4) is 0 Å². The van der Waals surface area contributed by atoms with Gasteiger partial charge in [0.25, 0.3) is 0 Å². The lowest BCUT2D eigenvalue weighted by atomic mass is 10.0. The summed E-state index contributed by atoms with van der Waals surface area (Å²) in [5.74, 6) is -9.48. The Labute approximate surface area is 106 Å². The molecule has 106 valence electrons. The van der Waals surface area contributed by atoms with Gasteiger partial charge in [-0.2, -0.15) is 0 Å². The predicted molar refractivity (Wildman–Crippen MR) is 57.0 cm³/mol. The maximum absolute atomic E-state index is 13.6. The van der Waals surface area contributed by atoms with Crippen molar-refractivity contribution in [3.8, 4) is 0 Å². The van der Waals surface area contributed by atoms with Crippen LogP contribution >= 0.6 is 0 Å². The van der Waals surface area contributed by atoms with Gasteiger partial charge in [0.05, 0.1) is 13.2 Å². The fourth-order valence-electron chi connectivity index (χ4n) is 2.14. The maximum Gasteiger partial charge on any atom is 0.200 e. The molecule has 1 aliphatic heterocycles. The average molecular weight is 281 g/mol. The largest absolute Gasteiger partial charge is 0.379 e. The standard InChI is InChI=1S/C12H12F5NO/c1-6(18-2-4-19-5-3-18)7-8(13)10(15)12(17)11(16)9(7)14/h6H,2-5H2,1H3. The van der Waals surface area contributed by atoms with Crippen LogP contribution in [0, 0.1) is 29.1 Å². The van der Waals surface area contributed by atoms with Crippen LogP contribution in [-0.4, -0.2) is 31.2 Å². The molecule has 1 fully saturated rings. The highest BCUT2D eigenvalue weighted by Gasteiger charge is 2.31. The lowest BCUT2D eigenvalue weighted by molar-refractivity contribution is 0.0181. The molecule has 19 heavy (non-hydrogen) atoms. The van der Waals surface area contributed by atoms with Gasteiger partial charge >= 0.3 is 0 Å². The molecule has 1 saturated heterocycles. The summed E-state index contributed by atoms with van der Waals surface area (Å²) in [6, 6.07) is -0.909. The molecule has 0 saturated carbocycles. The molecule has 1 aromatic carbocycles. The Balaban J connectivity index is 2.43. The topological polar surface area (TPSA) is 12.5 Å². The molecule has 1 aromatic rings. The third-order valence-corrected chi connectivity index (χ3v) is 3.25. The molecule has 7 heteroatoms. The first-order valence-corrected chi connectivity index (χ1v) is 5.78. The predicted octanol–water partition coefficient (Wildman–Crippen LogP) is 2.78. The van der Waals surface area contributed by atoms with E-state index in [0.717, 1.165) is 0 Å². The van der Waals surface area contributed by atoms with E-state index in [9.17, 15) is 22.0 Å². The summed E-state index contributed by atoms with van der Waals surface area (Å²) in [4.78, 5) is 1.61. The molecule has 1 unspecified atom stereocenters. The zero-order valence-electron chi connectivity index (χ0n) is 10.2. The van der Waals surface area contributed by atoms with Crippen molar-refractivity contribution in [3.05, 3.63) is 34.6 Å². The molecule has 0 spiro atoms. The number of nitrogens with zero attached hydrogens (tertiary/aromatic N) is 1. The van der Waals surface area contributed by atoms with E-state index >= 15 is 0 Å². The second-order valence-corrected chi connectivity index (χ2v) is 4.31. The van der Waals surface area contributed by atoms with Gasteiger partial charge < -0.3 is 4.74 Å². The Morgan fingerprint density at radius 2 is 1.26 bits per heavy atom. The average Bonchev–Trinajstić information content (AvgIpc) is 2.44. The SMILES string of the molecule is CC(c1c(F)c(F)c(F)c(F)c1F)N1CCOCC1. The lowest BCUT2D eigenvalue weighted by Crippen LogP contribution is -2.38. The van der Waals surface area contributed by atoms with Crippen molar-refractivity contribution in [3.63, 3.8) is 0 Å². The number of hydrogen-bond donors (Lipinski definition) is 0. The number of halogens is 5. The molecular formula is C12H12F5NO. The van der Waals surface area contributed by atoms with Crippen molar-refractivity contribution in [2.24, 2.45) is 0 Å². The summed E-state index contributed by atoms with van der Waals surface area (Å²) in [7, 11) is 0. The molecule has 1 atom stereocenters. The molecule has 2 rings (SSSR count). The van der Waals surface area contributed by atoms with E-state index in [1.807, 2.05) is 0 Å². The Morgan fingerprint density at radius 3 is 1.74 bits per heavy atom. The van der Waals surface area contributed by atoms with E-state index in [0.29, 0.717) is 26.3 Å². The van der Waals surface area contributed by atoms with Gasteiger partial charge in [0.15, 0.2) is 23.3 Å². The minimum atomic E-state index is -2.13. The second-order valence-electron chi connectivity index (χ2n) is 4.31. The number of ether oxygens (including phenoxy) is 1. The normalized spacial score (nSPS) is 18.6. The van der Waals surface area contributed by atoms with Crippen LogP contribution < -0.4 is 0 Å². The summed E-state index contributed by atoms with van der Waals surface area (Å²) in [5, 5.41) is 0. The second kappa shape index (κ2) is 5.42. The highest BCUT2D eigenvalue weighted by atomic mass is 19.2. The molecule has 0 bridgehead atoms. The number of morpholine rings is 1. The van der Waals surface area contributed by atoms with Crippen molar-refractivity contribution in [2.75, 3.05) is 26.3 Å². The van der Waals surface area contributed by atoms with Gasteiger partial charge in [0.2, 0.25) is 5.82 Å². The van der Waals surface area contributed by atoms with Gasteiger partial charge in [-0.25, -0.2) is 22.0 Å². The van der Waals surface area contributed by atoms with Crippen LogP contribution in [0.25, 0.3) is 0 Å². The van der Waals surface area contributed by atoms with Crippen LogP contribution in [0.1, 0.15) is 18.5 Å². The highest BCUT2D eigenvalue weighted by Crippen LogP contribution is 2.31. The quantitative estimate of drug-likeness (QED) is 0.469. The first-order chi connectivity index (χ1) is 8.95. The minimum Gasteiger partial charge on any atom is -0.379 e. The van der Waals surface area contributed by atoms with Gasteiger partial charge in [-0.05, 0) is 6.92 Å². The molecular weight excluding hydrogens is 269 g/mol. The lowest BCUT2D eigenvalue weighted by Gasteiger charge is -2.32. The zero-order valence-corrected chi connectivity index (χ0v) is 10.2. The Morgan fingerprint density at radius 1 is 0.842 bits per heavy atom. The smallest absolute Gasteiger partial charge is 0.200 e. The van der Waals surface area contributed by atoms with Crippen LogP contribution in [-0.2, 0) is 4.74 Å². The molecule has 2 nitrogen and oxygen atoms in total. The number of rotatable bonds is 2. The number of benzene rings is 1. The van der Waals surface area contributed by atoms with Crippen LogP contribution in [0.2, 0.25) is 0 Å². The van der Waals surface area contributed by atoms with Gasteiger partial charge in [-0.15, -0.1) is 0 Å². The van der Waals surface area contributed by atoms with Gasteiger partial charge in [0.1, 0.15) is 0 Å². The van der Waals surface area contributed by atoms with Crippen molar-refractivity contribution in [1.82, 2.24) is 4.90 Å². The third kappa shape index (κ3) is 2.44. The fraction of sp³-hybridized carbons (Fsp3) is 0.500. The van der Waals surface area contributed by atoms with Crippen molar-refractivity contribution in [2.45, 2.75) is 13.0 Å². The molecule has 0 radical (unpaired) electrons. The Kier molecular flexibility index (Phi) is 4.05. The zero-order chi connectivity index (χ0) is 14.2. The van der Waals surface area contributed by atoms with Crippen LogP contribution in [0.5, 0.6) is 0 Å². The summed E-state index contributed by atoms with van der Waals surface area (Å²) < 4.78 is 71.5. The van der Waals surface area contributed by atoms with E-state index in [1.54, 1.807) is 4.90 Å². The summed E-state index contributed by atoms with van der Waals surface area (Å²) in [5.41, 5.74) is -0.793. The first kappa shape index (κ1) is 14.2. The van der Waals surface area contributed by atoms with Crippen molar-refractivity contribution in [1.29, 1.82) is 0 Å². The molecule has 0 aliphatic carbocycles. The molecule has 1 heterocycles. The van der Waals surface area contributed by atoms with Gasteiger partial charge in [-0.1, -0.05) is 0 Å². The van der Waals surface area contributed by atoms with Crippen molar-refractivity contribution >= 4 is 0 Å². The third-order valence-electron chi connectivity index (χ3n) is 3.25. The van der Waals surface area contributed by atoms with E-state index in [-0.39, 0.29) is 0 Å². The molecule has 0 aromatic heterocycles. The summed E-state index contributed by atoms with van der Waals surface area (Å²) in [6.45, 7) is 2.88. The molecule has 0 amide bonds. The summed E-state index contributed by atoms with van der Waals surface area (Å²) >= 11 is 0. The Hall–Kier alpha value is -1.21. The molecule has 0 N–H and O–H groups in total. The molecule has 1 aliphatic rings. The van der Waals surface area contributed by atoms with E-state index in [4.69, 9.17) is 4.74 Å². The minimum absolute atomic E-state index is 0.361. The van der Waals surface area contributed by atoms with Crippen LogP contribution in [0.4, 0.5) is 22.0 Å². The van der Waals surface area contributed by atoms with E-state index in [1.165, 1.54) is 6.92 Å². The van der Waals surface area contributed by atoms with Crippen molar-refractivity contribution < 1.29 is 26.7 Å². The van der Waals surface area contributed by atoms with E-state index < -0.39 is 40.7 Å².